The molecule has 0 unspecified atom stereocenters. The minimum Gasteiger partial charge on any atom is -0.397 e. The van der Waals surface area contributed by atoms with Gasteiger partial charge in [0.2, 0.25) is 5.91 Å². The molecule has 3 N–H and O–H groups in total. The van der Waals surface area contributed by atoms with Crippen molar-refractivity contribution < 1.29 is 4.79 Å². The average Bonchev–Trinajstić information content (AvgIpc) is 2.49. The van der Waals surface area contributed by atoms with E-state index in [2.05, 4.69) is 12.2 Å². The number of rotatable bonds is 5. The van der Waals surface area contributed by atoms with E-state index >= 15 is 0 Å². The van der Waals surface area contributed by atoms with E-state index in [1.807, 2.05) is 0 Å². The summed E-state index contributed by atoms with van der Waals surface area (Å²) < 4.78 is 0. The second kappa shape index (κ2) is 7.69. The number of benzene rings is 1. The van der Waals surface area contributed by atoms with Gasteiger partial charge in [-0.1, -0.05) is 43.9 Å². The zero-order valence-electron chi connectivity index (χ0n) is 12.7. The minimum absolute atomic E-state index is 0.0590. The van der Waals surface area contributed by atoms with E-state index in [0.29, 0.717) is 16.4 Å². The number of halogens is 1. The number of hydrogen-bond donors (Lipinski definition) is 2. The molecule has 1 aromatic rings. The van der Waals surface area contributed by atoms with E-state index in [1.165, 1.54) is 19.3 Å². The fourth-order valence-corrected chi connectivity index (χ4v) is 3.33. The number of carbonyl (C=O) groups excluding carboxylic acids is 1. The highest BCUT2D eigenvalue weighted by Crippen LogP contribution is 2.34. The second-order valence-electron chi connectivity index (χ2n) is 6.05. The molecular weight excluding hydrogens is 284 g/mol. The van der Waals surface area contributed by atoms with Crippen LogP contribution in [-0.2, 0) is 4.79 Å². The highest BCUT2D eigenvalue weighted by atomic mass is 35.5. The molecule has 116 valence electrons. The summed E-state index contributed by atoms with van der Waals surface area (Å²) in [6, 6.07) is 5.28. The predicted octanol–water partition coefficient (Wildman–Crippen LogP) is 4.86. The molecule has 2 rings (SSSR count). The van der Waals surface area contributed by atoms with Crippen LogP contribution in [0.3, 0.4) is 0 Å². The Morgan fingerprint density at radius 2 is 2.05 bits per heavy atom. The Balaban J connectivity index is 1.88. The van der Waals surface area contributed by atoms with Crippen LogP contribution in [0.1, 0.15) is 51.9 Å². The first-order valence-electron chi connectivity index (χ1n) is 7.96. The molecule has 1 saturated carbocycles. The van der Waals surface area contributed by atoms with Gasteiger partial charge in [-0.05, 0) is 43.7 Å². The molecule has 3 nitrogen and oxygen atoms in total. The first-order valence-corrected chi connectivity index (χ1v) is 8.34. The Kier molecular flexibility index (Phi) is 5.92. The van der Waals surface area contributed by atoms with E-state index in [4.69, 9.17) is 17.3 Å². The molecular formula is C17H25ClN2O. The summed E-state index contributed by atoms with van der Waals surface area (Å²) in [5.41, 5.74) is 6.95. The van der Waals surface area contributed by atoms with Crippen LogP contribution in [0.2, 0.25) is 5.02 Å². The van der Waals surface area contributed by atoms with Gasteiger partial charge in [-0.15, -0.1) is 0 Å². The minimum atomic E-state index is 0.0590. The van der Waals surface area contributed by atoms with Crippen molar-refractivity contribution >= 4 is 28.9 Å². The van der Waals surface area contributed by atoms with Crippen LogP contribution in [0, 0.1) is 11.8 Å². The lowest BCUT2D eigenvalue weighted by atomic mass is 9.79. The molecule has 0 spiro atoms. The van der Waals surface area contributed by atoms with E-state index in [-0.39, 0.29) is 11.8 Å². The van der Waals surface area contributed by atoms with E-state index in [9.17, 15) is 4.79 Å². The van der Waals surface area contributed by atoms with Crippen LogP contribution in [0.15, 0.2) is 18.2 Å². The maximum Gasteiger partial charge on any atom is 0.227 e. The van der Waals surface area contributed by atoms with Crippen LogP contribution < -0.4 is 11.1 Å². The quantitative estimate of drug-likeness (QED) is 0.763. The summed E-state index contributed by atoms with van der Waals surface area (Å²) in [5.74, 6) is 0.960. The summed E-state index contributed by atoms with van der Waals surface area (Å²) in [6.45, 7) is 2.23. The van der Waals surface area contributed by atoms with Gasteiger partial charge in [0.15, 0.2) is 0 Å². The molecule has 1 fully saturated rings. The molecule has 1 aliphatic rings. The molecule has 1 aliphatic carbocycles. The summed E-state index contributed by atoms with van der Waals surface area (Å²) in [4.78, 5) is 12.4. The van der Waals surface area contributed by atoms with Crippen LogP contribution in [-0.4, -0.2) is 5.91 Å². The summed E-state index contributed by atoms with van der Waals surface area (Å²) >= 11 is 6.10. The Labute approximate surface area is 132 Å². The molecule has 0 aliphatic heterocycles. The first kappa shape index (κ1) is 16.2. The Hall–Kier alpha value is -1.22. The molecule has 1 aromatic carbocycles. The van der Waals surface area contributed by atoms with Crippen molar-refractivity contribution in [1.29, 1.82) is 0 Å². The zero-order chi connectivity index (χ0) is 15.2. The normalized spacial score (nSPS) is 22.0. The third-order valence-corrected chi connectivity index (χ3v) is 4.79. The van der Waals surface area contributed by atoms with Gasteiger partial charge in [0, 0.05) is 5.92 Å². The highest BCUT2D eigenvalue weighted by Gasteiger charge is 2.26. The largest absolute Gasteiger partial charge is 0.397 e. The molecule has 0 heterocycles. The van der Waals surface area contributed by atoms with Crippen molar-refractivity contribution in [3.63, 3.8) is 0 Å². The van der Waals surface area contributed by atoms with Gasteiger partial charge < -0.3 is 11.1 Å². The van der Waals surface area contributed by atoms with E-state index in [0.717, 1.165) is 31.6 Å². The molecule has 21 heavy (non-hydrogen) atoms. The van der Waals surface area contributed by atoms with E-state index in [1.54, 1.807) is 18.2 Å². The number of nitrogen functional groups attached to an aromatic ring is 1. The topological polar surface area (TPSA) is 55.1 Å². The third kappa shape index (κ3) is 4.37. The van der Waals surface area contributed by atoms with Gasteiger partial charge in [-0.2, -0.15) is 0 Å². The predicted molar refractivity (Wildman–Crippen MR) is 89.5 cm³/mol. The summed E-state index contributed by atoms with van der Waals surface area (Å²) in [5, 5.41) is 3.41. The number of amides is 1. The Morgan fingerprint density at radius 1 is 1.33 bits per heavy atom. The van der Waals surface area contributed by atoms with Crippen LogP contribution in [0.4, 0.5) is 11.4 Å². The molecule has 4 heteroatoms. The fraction of sp³-hybridized carbons (Fsp3) is 0.588. The van der Waals surface area contributed by atoms with Crippen molar-refractivity contribution in [2.24, 2.45) is 11.8 Å². The third-order valence-electron chi connectivity index (χ3n) is 4.48. The maximum atomic E-state index is 12.4. The number of nitrogens with two attached hydrogens (primary N) is 1. The number of unbranched alkanes of at least 4 members (excludes halogenated alkanes) is 1. The van der Waals surface area contributed by atoms with Crippen molar-refractivity contribution in [2.75, 3.05) is 11.1 Å². The lowest BCUT2D eigenvalue weighted by Crippen LogP contribution is -2.27. The first-order chi connectivity index (χ1) is 10.1. The van der Waals surface area contributed by atoms with Gasteiger partial charge in [0.25, 0.3) is 0 Å². The van der Waals surface area contributed by atoms with E-state index < -0.39 is 0 Å². The number of nitrogens with one attached hydrogen (secondary N) is 1. The van der Waals surface area contributed by atoms with Gasteiger partial charge in [0.1, 0.15) is 0 Å². The van der Waals surface area contributed by atoms with Crippen molar-refractivity contribution in [1.82, 2.24) is 0 Å². The molecule has 0 aromatic heterocycles. The van der Waals surface area contributed by atoms with Crippen molar-refractivity contribution in [3.05, 3.63) is 23.2 Å². The van der Waals surface area contributed by atoms with Crippen molar-refractivity contribution in [2.45, 2.75) is 51.9 Å². The fourth-order valence-electron chi connectivity index (χ4n) is 3.10. The maximum absolute atomic E-state index is 12.4. The smallest absolute Gasteiger partial charge is 0.227 e. The van der Waals surface area contributed by atoms with Crippen LogP contribution >= 0.6 is 11.6 Å². The van der Waals surface area contributed by atoms with Gasteiger partial charge in [-0.25, -0.2) is 0 Å². The second-order valence-corrected chi connectivity index (χ2v) is 6.46. The number of para-hydroxylation sites is 1. The molecule has 0 radical (unpaired) electrons. The molecule has 0 atom stereocenters. The number of anilines is 2. The van der Waals surface area contributed by atoms with Crippen molar-refractivity contribution in [3.8, 4) is 0 Å². The Morgan fingerprint density at radius 3 is 2.67 bits per heavy atom. The lowest BCUT2D eigenvalue weighted by molar-refractivity contribution is -0.121. The SMILES string of the molecule is CCCCC1CCC(C(=O)Nc2c(N)cccc2Cl)CC1. The standard InChI is InChI=1S/C17H25ClN2O/c1-2-3-5-12-8-10-13(11-9-12)17(21)20-16-14(18)6-4-7-15(16)19/h4,6-7,12-13H,2-3,5,8-11,19H2,1H3,(H,20,21). The average molecular weight is 309 g/mol. The number of hydrogen-bond acceptors (Lipinski definition) is 2. The summed E-state index contributed by atoms with van der Waals surface area (Å²) in [6.07, 6.45) is 8.15. The number of carbonyl (C=O) groups is 1. The van der Waals surface area contributed by atoms with Gasteiger partial charge in [-0.3, -0.25) is 4.79 Å². The molecule has 0 saturated heterocycles. The Bertz CT molecular complexity index is 461. The highest BCUT2D eigenvalue weighted by molar-refractivity contribution is 6.34. The molecule has 1 amide bonds. The lowest BCUT2D eigenvalue weighted by Gasteiger charge is -2.28. The summed E-state index contributed by atoms with van der Waals surface area (Å²) in [7, 11) is 0. The molecule has 0 bridgehead atoms. The van der Waals surface area contributed by atoms with Gasteiger partial charge >= 0.3 is 0 Å². The van der Waals surface area contributed by atoms with Crippen LogP contribution in [0.5, 0.6) is 0 Å². The zero-order valence-corrected chi connectivity index (χ0v) is 13.5. The van der Waals surface area contributed by atoms with Crippen LogP contribution in [0.25, 0.3) is 0 Å². The van der Waals surface area contributed by atoms with Gasteiger partial charge in [0.05, 0.1) is 16.4 Å². The monoisotopic (exact) mass is 308 g/mol.